The molecule has 3 aliphatic rings. The number of anilines is 1. The Bertz CT molecular complexity index is 1380. The van der Waals surface area contributed by atoms with Gasteiger partial charge in [-0.3, -0.25) is 14.4 Å². The van der Waals surface area contributed by atoms with Crippen molar-refractivity contribution in [3.8, 4) is 5.75 Å². The number of Topliss-reactive ketones (excluding diaryl/α,β-unsaturated/α-hetero) is 2. The van der Waals surface area contributed by atoms with Crippen molar-refractivity contribution in [2.24, 2.45) is 17.6 Å². The monoisotopic (exact) mass is 616 g/mol. The van der Waals surface area contributed by atoms with Crippen LogP contribution >= 0.6 is 0 Å². The van der Waals surface area contributed by atoms with E-state index in [-0.39, 0.29) is 54.9 Å². The van der Waals surface area contributed by atoms with Gasteiger partial charge in [-0.2, -0.15) is 0 Å². The van der Waals surface area contributed by atoms with Crippen LogP contribution in [0.2, 0.25) is 0 Å². The summed E-state index contributed by atoms with van der Waals surface area (Å²) < 4.78 is 5.19. The molecule has 3 atom stereocenters. The van der Waals surface area contributed by atoms with Crippen LogP contribution in [0, 0.1) is 11.8 Å². The zero-order valence-corrected chi connectivity index (χ0v) is 26.0. The van der Waals surface area contributed by atoms with E-state index in [1.807, 2.05) is 14.1 Å². The number of carbonyl (C=O) groups is 4. The lowest BCUT2D eigenvalue weighted by atomic mass is 9.59. The number of benzene rings is 1. The van der Waals surface area contributed by atoms with Crippen LogP contribution in [0.25, 0.3) is 5.76 Å². The predicted molar refractivity (Wildman–Crippen MR) is 163 cm³/mol. The van der Waals surface area contributed by atoms with Gasteiger partial charge in [0, 0.05) is 49.8 Å². The first-order chi connectivity index (χ1) is 20.8. The standard InChI is InChI=1S/C29H37N3O9.C2H7N/c1-4-5-6-7-8-41-28(39)31-13-15-11-18(32(2)3)17-10-14-9-16-12-19(33)22(27(30)38)26(37)29(16,40)25(36)20(14)24(35)21(17)23(15)34;1-3-2/h11,14,16,34-35,37,40H,4-10,12-13H2,1-3H3,(H2,30,38)(H,31,39);3H,1-2H3/t14?,16-,29-;/m0./s1. The normalized spacial score (nSPS) is 22.3. The van der Waals surface area contributed by atoms with Crippen molar-refractivity contribution in [1.82, 2.24) is 10.6 Å². The second-order valence-corrected chi connectivity index (χ2v) is 11.6. The van der Waals surface area contributed by atoms with Gasteiger partial charge < -0.3 is 46.4 Å². The number of fused-ring (bicyclic) bond motifs is 3. The van der Waals surface area contributed by atoms with Crippen LogP contribution in [-0.4, -0.2) is 84.4 Å². The first-order valence-corrected chi connectivity index (χ1v) is 14.8. The number of phenolic OH excluding ortho intramolecular Hbond substituents is 1. The molecule has 0 bridgehead atoms. The number of aliphatic hydroxyl groups excluding tert-OH is 2. The highest BCUT2D eigenvalue weighted by Crippen LogP contribution is 2.53. The van der Waals surface area contributed by atoms with Crippen molar-refractivity contribution in [3.05, 3.63) is 39.7 Å². The maximum atomic E-state index is 13.7. The number of carbonyl (C=O) groups excluding carboxylic acids is 4. The molecule has 0 aromatic heterocycles. The molecule has 1 fully saturated rings. The highest BCUT2D eigenvalue weighted by molar-refractivity contribution is 6.22. The third-order valence-corrected chi connectivity index (χ3v) is 8.26. The van der Waals surface area contributed by atoms with Crippen molar-refractivity contribution < 1.29 is 44.3 Å². The number of unbranched alkanes of at least 4 members (excludes halogenated alkanes) is 3. The van der Waals surface area contributed by atoms with E-state index in [1.165, 1.54) is 0 Å². The van der Waals surface area contributed by atoms with Crippen LogP contribution in [0.4, 0.5) is 10.5 Å². The summed E-state index contributed by atoms with van der Waals surface area (Å²) in [6.07, 6.45) is 2.96. The molecule has 0 radical (unpaired) electrons. The van der Waals surface area contributed by atoms with E-state index in [2.05, 4.69) is 17.6 Å². The lowest BCUT2D eigenvalue weighted by molar-refractivity contribution is -0.147. The van der Waals surface area contributed by atoms with Gasteiger partial charge in [0.1, 0.15) is 22.8 Å². The molecular weight excluding hydrogens is 572 g/mol. The number of amides is 2. The maximum Gasteiger partial charge on any atom is 0.407 e. The van der Waals surface area contributed by atoms with E-state index in [9.17, 15) is 39.6 Å². The van der Waals surface area contributed by atoms with Crippen molar-refractivity contribution in [2.45, 2.75) is 64.0 Å². The molecule has 13 heteroatoms. The number of hydrogen-bond donors (Lipinski definition) is 7. The summed E-state index contributed by atoms with van der Waals surface area (Å²) in [6, 6.07) is 1.67. The van der Waals surface area contributed by atoms with Crippen molar-refractivity contribution in [1.29, 1.82) is 0 Å². The SMILES string of the molecule is CCCCCCOC(=O)NCc1cc(N(C)C)c2c(c1O)C(O)=C1C(=O)[C@]3(O)C(O)=C(C(N)=O)C(=O)C[C@@H]3CC1C2.CNC. The average Bonchev–Trinajstić information content (AvgIpc) is 2.94. The zero-order valence-electron chi connectivity index (χ0n) is 26.0. The molecule has 242 valence electrons. The molecule has 1 aromatic rings. The number of ketones is 2. The number of nitrogens with two attached hydrogens (primary N) is 1. The molecule has 44 heavy (non-hydrogen) atoms. The highest BCUT2D eigenvalue weighted by atomic mass is 16.5. The molecule has 1 unspecified atom stereocenters. The average molecular weight is 617 g/mol. The number of rotatable bonds is 9. The first-order valence-electron chi connectivity index (χ1n) is 14.8. The highest BCUT2D eigenvalue weighted by Gasteiger charge is 2.60. The fourth-order valence-corrected chi connectivity index (χ4v) is 6.17. The largest absolute Gasteiger partial charge is 0.508 e. The molecule has 0 aliphatic heterocycles. The Morgan fingerprint density at radius 2 is 1.77 bits per heavy atom. The van der Waals surface area contributed by atoms with E-state index >= 15 is 0 Å². The number of ether oxygens (including phenoxy) is 1. The van der Waals surface area contributed by atoms with Crippen LogP contribution in [0.1, 0.15) is 62.1 Å². The summed E-state index contributed by atoms with van der Waals surface area (Å²) in [5, 5.41) is 50.1. The summed E-state index contributed by atoms with van der Waals surface area (Å²) >= 11 is 0. The second-order valence-electron chi connectivity index (χ2n) is 11.6. The summed E-state index contributed by atoms with van der Waals surface area (Å²) in [5.74, 6) is -6.85. The summed E-state index contributed by atoms with van der Waals surface area (Å²) in [6.45, 7) is 2.21. The number of primary amides is 1. The minimum atomic E-state index is -2.63. The van der Waals surface area contributed by atoms with Gasteiger partial charge in [-0.15, -0.1) is 0 Å². The third-order valence-electron chi connectivity index (χ3n) is 8.26. The fourth-order valence-electron chi connectivity index (χ4n) is 6.17. The minimum Gasteiger partial charge on any atom is -0.508 e. The van der Waals surface area contributed by atoms with E-state index in [1.54, 1.807) is 25.1 Å². The van der Waals surface area contributed by atoms with E-state index in [0.29, 0.717) is 11.3 Å². The van der Waals surface area contributed by atoms with Crippen molar-refractivity contribution in [3.63, 3.8) is 0 Å². The van der Waals surface area contributed by atoms with Gasteiger partial charge in [-0.25, -0.2) is 4.79 Å². The van der Waals surface area contributed by atoms with Crippen LogP contribution < -0.4 is 21.3 Å². The zero-order chi connectivity index (χ0) is 32.9. The lowest BCUT2D eigenvalue weighted by Crippen LogP contribution is -2.58. The Labute approximate surface area is 256 Å². The van der Waals surface area contributed by atoms with Crippen LogP contribution in [-0.2, 0) is 32.1 Å². The molecular formula is C31H44N4O9. The smallest absolute Gasteiger partial charge is 0.407 e. The number of nitrogens with one attached hydrogen (secondary N) is 2. The van der Waals surface area contributed by atoms with E-state index in [0.717, 1.165) is 25.7 Å². The Hall–Kier alpha value is -4.10. The maximum absolute atomic E-state index is 13.7. The molecule has 1 saturated carbocycles. The molecule has 2 amide bonds. The van der Waals surface area contributed by atoms with Crippen molar-refractivity contribution >= 4 is 35.0 Å². The number of aromatic hydroxyl groups is 1. The predicted octanol–water partition coefficient (Wildman–Crippen LogP) is 2.13. The van der Waals surface area contributed by atoms with E-state index in [4.69, 9.17) is 10.5 Å². The topological polar surface area (TPSA) is 212 Å². The van der Waals surface area contributed by atoms with Gasteiger partial charge in [-0.05, 0) is 50.9 Å². The summed E-state index contributed by atoms with van der Waals surface area (Å²) in [5.41, 5.74) is 2.93. The van der Waals surface area contributed by atoms with Crippen LogP contribution in [0.3, 0.4) is 0 Å². The third kappa shape index (κ3) is 6.39. The molecule has 3 aliphatic carbocycles. The number of hydrogen-bond acceptors (Lipinski definition) is 11. The van der Waals surface area contributed by atoms with Gasteiger partial charge in [0.2, 0.25) is 5.78 Å². The fraction of sp³-hybridized carbons (Fsp3) is 0.548. The number of aliphatic hydroxyl groups is 3. The number of alkyl carbamates (subject to hydrolysis) is 1. The molecule has 4 rings (SSSR count). The Kier molecular flexibility index (Phi) is 11.0. The van der Waals surface area contributed by atoms with Gasteiger partial charge in [0.05, 0.1) is 12.2 Å². The lowest BCUT2D eigenvalue weighted by Gasteiger charge is -2.46. The Balaban J connectivity index is 0.00000169. The van der Waals surface area contributed by atoms with Gasteiger partial charge in [0.15, 0.2) is 11.4 Å². The number of nitrogens with zero attached hydrogens (tertiary/aromatic N) is 1. The quantitative estimate of drug-likeness (QED) is 0.158. The minimum absolute atomic E-state index is 0.0342. The number of phenols is 1. The Morgan fingerprint density at radius 3 is 2.36 bits per heavy atom. The molecule has 13 nitrogen and oxygen atoms in total. The Morgan fingerprint density at radius 1 is 1.11 bits per heavy atom. The summed E-state index contributed by atoms with van der Waals surface area (Å²) in [7, 11) is 7.28. The van der Waals surface area contributed by atoms with Gasteiger partial charge in [-0.1, -0.05) is 26.2 Å². The molecule has 8 N–H and O–H groups in total. The van der Waals surface area contributed by atoms with Gasteiger partial charge in [0.25, 0.3) is 5.91 Å². The van der Waals surface area contributed by atoms with E-state index < -0.39 is 58.1 Å². The first kappa shape index (κ1) is 34.4. The molecule has 0 heterocycles. The van der Waals surface area contributed by atoms with Crippen LogP contribution in [0.5, 0.6) is 5.75 Å². The molecule has 1 aromatic carbocycles. The second kappa shape index (κ2) is 14.1. The van der Waals surface area contributed by atoms with Gasteiger partial charge >= 0.3 is 6.09 Å². The van der Waals surface area contributed by atoms with Crippen molar-refractivity contribution in [2.75, 3.05) is 39.7 Å². The molecule has 0 spiro atoms. The summed E-state index contributed by atoms with van der Waals surface area (Å²) in [4.78, 5) is 52.1. The molecule has 0 saturated heterocycles. The van der Waals surface area contributed by atoms with Crippen LogP contribution in [0.15, 0.2) is 23.0 Å².